The number of allylic oxidation sites excluding steroid dienone is 1. The maximum absolute atomic E-state index is 5.57. The summed E-state index contributed by atoms with van der Waals surface area (Å²) in [5.74, 6) is 0.307. The van der Waals surface area contributed by atoms with Crippen LogP contribution in [-0.2, 0) is 4.74 Å². The fraction of sp³-hybridized carbons (Fsp3) is 0.750. The molecule has 1 nitrogen and oxygen atoms in total. The summed E-state index contributed by atoms with van der Waals surface area (Å²) >= 11 is 7.11. The Kier molecular flexibility index (Phi) is 4.38. The normalized spacial score (nSPS) is 30.3. The number of hydrogen-bond donors (Lipinski definition) is 0. The molecule has 0 radical (unpaired) electrons. The Hall–Kier alpha value is 0.140. The molecule has 0 saturated heterocycles. The standard InChI is InChI=1S/C12H20OS2/c1-8-6-7-9(13-4)12(2,3)10(8)11(14)15-5/h9-10H,1,6-7H2,2-5H3. The molecule has 0 bridgehead atoms. The van der Waals surface area contributed by atoms with Crippen LogP contribution in [0.3, 0.4) is 0 Å². The molecule has 0 aliphatic heterocycles. The highest BCUT2D eigenvalue weighted by Gasteiger charge is 2.44. The van der Waals surface area contributed by atoms with Crippen molar-refractivity contribution in [3.05, 3.63) is 12.2 Å². The van der Waals surface area contributed by atoms with Crippen LogP contribution in [0.1, 0.15) is 26.7 Å². The average Bonchev–Trinajstić information content (AvgIpc) is 2.16. The van der Waals surface area contributed by atoms with Crippen molar-refractivity contribution >= 4 is 28.2 Å². The minimum Gasteiger partial charge on any atom is -0.381 e. The van der Waals surface area contributed by atoms with Crippen molar-refractivity contribution < 1.29 is 4.74 Å². The molecule has 1 rings (SSSR count). The third-order valence-corrected chi connectivity index (χ3v) is 4.80. The molecule has 1 saturated carbocycles. The van der Waals surface area contributed by atoms with E-state index < -0.39 is 0 Å². The maximum Gasteiger partial charge on any atom is 0.0634 e. The molecule has 0 N–H and O–H groups in total. The molecule has 1 fully saturated rings. The Balaban J connectivity index is 2.98. The summed E-state index contributed by atoms with van der Waals surface area (Å²) in [6, 6.07) is 0. The summed E-state index contributed by atoms with van der Waals surface area (Å²) in [6.45, 7) is 8.64. The summed E-state index contributed by atoms with van der Waals surface area (Å²) in [4.78, 5) is 0. The second-order valence-corrected chi connectivity index (χ2v) is 6.25. The van der Waals surface area contributed by atoms with Gasteiger partial charge in [0, 0.05) is 18.4 Å². The van der Waals surface area contributed by atoms with E-state index in [2.05, 4.69) is 20.4 Å². The lowest BCUT2D eigenvalue weighted by Gasteiger charge is -2.45. The first-order chi connectivity index (χ1) is 6.95. The Morgan fingerprint density at radius 2 is 2.20 bits per heavy atom. The number of ether oxygens (including phenoxy) is 1. The third-order valence-electron chi connectivity index (χ3n) is 3.43. The van der Waals surface area contributed by atoms with Crippen LogP contribution in [-0.4, -0.2) is 23.7 Å². The minimum absolute atomic E-state index is 0.0736. The molecular formula is C12H20OS2. The van der Waals surface area contributed by atoms with Crippen molar-refractivity contribution in [1.29, 1.82) is 0 Å². The van der Waals surface area contributed by atoms with Crippen LogP contribution in [0.5, 0.6) is 0 Å². The lowest BCUT2D eigenvalue weighted by molar-refractivity contribution is -0.0227. The third kappa shape index (κ3) is 2.45. The number of thiocarbonyl (C=S) groups is 1. The van der Waals surface area contributed by atoms with E-state index in [9.17, 15) is 0 Å². The molecule has 0 aromatic rings. The van der Waals surface area contributed by atoms with Gasteiger partial charge in [-0.05, 0) is 19.1 Å². The van der Waals surface area contributed by atoms with Gasteiger partial charge in [-0.1, -0.05) is 38.2 Å². The Labute approximate surface area is 103 Å². The van der Waals surface area contributed by atoms with E-state index in [1.165, 1.54) is 5.57 Å². The summed E-state index contributed by atoms with van der Waals surface area (Å²) in [5.41, 5.74) is 1.34. The van der Waals surface area contributed by atoms with Gasteiger partial charge in [0.25, 0.3) is 0 Å². The van der Waals surface area contributed by atoms with Gasteiger partial charge in [0.1, 0.15) is 0 Å². The summed E-state index contributed by atoms with van der Waals surface area (Å²) < 4.78 is 6.62. The van der Waals surface area contributed by atoms with Crippen molar-refractivity contribution in [2.45, 2.75) is 32.8 Å². The van der Waals surface area contributed by atoms with Gasteiger partial charge in [0.2, 0.25) is 0 Å². The van der Waals surface area contributed by atoms with Crippen LogP contribution in [0, 0.1) is 11.3 Å². The molecule has 0 aromatic carbocycles. The van der Waals surface area contributed by atoms with Gasteiger partial charge in [-0.2, -0.15) is 0 Å². The van der Waals surface area contributed by atoms with Gasteiger partial charge < -0.3 is 4.74 Å². The van der Waals surface area contributed by atoms with Crippen LogP contribution in [0.25, 0.3) is 0 Å². The number of thioether (sulfide) groups is 1. The zero-order chi connectivity index (χ0) is 11.6. The van der Waals surface area contributed by atoms with Crippen molar-refractivity contribution in [3.63, 3.8) is 0 Å². The fourth-order valence-corrected chi connectivity index (χ4v) is 3.73. The predicted octanol–water partition coefficient (Wildman–Crippen LogP) is 3.68. The van der Waals surface area contributed by atoms with E-state index in [-0.39, 0.29) is 11.5 Å². The van der Waals surface area contributed by atoms with Crippen LogP contribution in [0.15, 0.2) is 12.2 Å². The largest absolute Gasteiger partial charge is 0.381 e. The smallest absolute Gasteiger partial charge is 0.0634 e. The zero-order valence-corrected chi connectivity index (χ0v) is 11.6. The predicted molar refractivity (Wildman–Crippen MR) is 72.6 cm³/mol. The Morgan fingerprint density at radius 3 is 2.67 bits per heavy atom. The monoisotopic (exact) mass is 244 g/mol. The molecule has 0 amide bonds. The van der Waals surface area contributed by atoms with Crippen molar-refractivity contribution in [2.75, 3.05) is 13.4 Å². The van der Waals surface area contributed by atoms with Gasteiger partial charge in [0.15, 0.2) is 0 Å². The highest BCUT2D eigenvalue weighted by molar-refractivity contribution is 8.22. The van der Waals surface area contributed by atoms with Crippen LogP contribution >= 0.6 is 24.0 Å². The second-order valence-electron chi connectivity index (χ2n) is 4.70. The van der Waals surface area contributed by atoms with E-state index >= 15 is 0 Å². The molecular weight excluding hydrogens is 224 g/mol. The molecule has 3 heteroatoms. The molecule has 0 heterocycles. The molecule has 0 spiro atoms. The van der Waals surface area contributed by atoms with Crippen molar-refractivity contribution in [2.24, 2.45) is 11.3 Å². The average molecular weight is 244 g/mol. The number of hydrogen-bond acceptors (Lipinski definition) is 3. The summed E-state index contributed by atoms with van der Waals surface area (Å²) in [6.07, 6.45) is 4.43. The topological polar surface area (TPSA) is 9.23 Å². The molecule has 2 atom stereocenters. The van der Waals surface area contributed by atoms with Crippen molar-refractivity contribution in [3.8, 4) is 0 Å². The molecule has 2 unspecified atom stereocenters. The first-order valence-electron chi connectivity index (χ1n) is 5.23. The van der Waals surface area contributed by atoms with E-state index in [0.29, 0.717) is 5.92 Å². The van der Waals surface area contributed by atoms with E-state index in [0.717, 1.165) is 17.0 Å². The fourth-order valence-electron chi connectivity index (χ4n) is 2.55. The maximum atomic E-state index is 5.57. The highest BCUT2D eigenvalue weighted by Crippen LogP contribution is 2.46. The first kappa shape index (κ1) is 13.2. The van der Waals surface area contributed by atoms with Crippen molar-refractivity contribution in [1.82, 2.24) is 0 Å². The summed E-state index contributed by atoms with van der Waals surface area (Å²) in [7, 11) is 1.79. The minimum atomic E-state index is 0.0736. The van der Waals surface area contributed by atoms with Gasteiger partial charge in [-0.3, -0.25) is 0 Å². The SMILES string of the molecule is C=C1CCC(OC)C(C)(C)C1C(=S)SC. The highest BCUT2D eigenvalue weighted by atomic mass is 32.2. The van der Waals surface area contributed by atoms with Gasteiger partial charge in [0.05, 0.1) is 10.3 Å². The Morgan fingerprint density at radius 1 is 1.60 bits per heavy atom. The molecule has 1 aliphatic rings. The first-order valence-corrected chi connectivity index (χ1v) is 6.86. The number of rotatable bonds is 2. The van der Waals surface area contributed by atoms with E-state index in [1.807, 2.05) is 6.26 Å². The van der Waals surface area contributed by atoms with Crippen LogP contribution in [0.2, 0.25) is 0 Å². The molecule has 86 valence electrons. The Bertz CT molecular complexity index is 263. The van der Waals surface area contributed by atoms with Crippen LogP contribution in [0.4, 0.5) is 0 Å². The zero-order valence-electron chi connectivity index (χ0n) is 10.0. The van der Waals surface area contributed by atoms with Gasteiger partial charge in [-0.25, -0.2) is 0 Å². The molecule has 0 aromatic heterocycles. The lowest BCUT2D eigenvalue weighted by Crippen LogP contribution is -2.44. The summed E-state index contributed by atoms with van der Waals surface area (Å²) in [5, 5.41) is 0. The molecule has 15 heavy (non-hydrogen) atoms. The lowest BCUT2D eigenvalue weighted by atomic mass is 9.65. The van der Waals surface area contributed by atoms with Gasteiger partial charge in [-0.15, -0.1) is 11.8 Å². The van der Waals surface area contributed by atoms with Crippen LogP contribution < -0.4 is 0 Å². The van der Waals surface area contributed by atoms with Gasteiger partial charge >= 0.3 is 0 Å². The number of methoxy groups -OCH3 is 1. The van der Waals surface area contributed by atoms with E-state index in [1.54, 1.807) is 18.9 Å². The molecule has 1 aliphatic carbocycles. The van der Waals surface area contributed by atoms with E-state index in [4.69, 9.17) is 17.0 Å². The quantitative estimate of drug-likeness (QED) is 0.541. The second kappa shape index (κ2) is 4.98.